The third-order valence-electron chi connectivity index (χ3n) is 2.69. The number of benzene rings is 1. The van der Waals surface area contributed by atoms with Gasteiger partial charge >= 0.3 is 0 Å². The highest BCUT2D eigenvalue weighted by Gasteiger charge is 2.16. The zero-order chi connectivity index (χ0) is 14.7. The lowest BCUT2D eigenvalue weighted by Gasteiger charge is -2.07. The number of nitrogens with one attached hydrogen (secondary N) is 1. The number of anilines is 1. The summed E-state index contributed by atoms with van der Waals surface area (Å²) in [5, 5.41) is 13.5. The molecule has 7 heteroatoms. The van der Waals surface area contributed by atoms with Crippen LogP contribution in [-0.2, 0) is 0 Å². The van der Waals surface area contributed by atoms with Crippen LogP contribution in [0, 0.1) is 17.0 Å². The topological polar surface area (TPSA) is 85.1 Å². The molecule has 0 aliphatic rings. The maximum absolute atomic E-state index is 12.1. The van der Waals surface area contributed by atoms with E-state index in [9.17, 15) is 14.9 Å². The molecule has 0 fully saturated rings. The molecule has 0 aliphatic carbocycles. The Hall–Kier alpha value is -2.28. The fraction of sp³-hybridized carbons (Fsp3) is 0.0769. The van der Waals surface area contributed by atoms with Crippen LogP contribution in [0.25, 0.3) is 0 Å². The van der Waals surface area contributed by atoms with Crippen LogP contribution in [0.1, 0.15) is 15.9 Å². The number of nitrogens with zero attached hydrogens (tertiary/aromatic N) is 2. The molecule has 0 radical (unpaired) electrons. The van der Waals surface area contributed by atoms with Crippen molar-refractivity contribution in [2.75, 3.05) is 5.32 Å². The van der Waals surface area contributed by atoms with E-state index in [1.807, 2.05) is 6.92 Å². The van der Waals surface area contributed by atoms with Crippen LogP contribution in [-0.4, -0.2) is 15.8 Å². The van der Waals surface area contributed by atoms with Crippen molar-refractivity contribution in [3.8, 4) is 0 Å². The van der Waals surface area contributed by atoms with Crippen molar-refractivity contribution in [3.63, 3.8) is 0 Å². The third-order valence-corrected chi connectivity index (χ3v) is 3.36. The van der Waals surface area contributed by atoms with Crippen molar-refractivity contribution in [3.05, 3.63) is 62.4 Å². The van der Waals surface area contributed by atoms with Gasteiger partial charge in [0.25, 0.3) is 11.6 Å². The maximum Gasteiger partial charge on any atom is 0.284 e. The number of nitro groups is 1. The average molecular weight is 336 g/mol. The van der Waals surface area contributed by atoms with Gasteiger partial charge in [-0.15, -0.1) is 0 Å². The third kappa shape index (κ3) is 3.00. The number of hydrogen-bond donors (Lipinski definition) is 1. The van der Waals surface area contributed by atoms with E-state index in [-0.39, 0.29) is 11.3 Å². The van der Waals surface area contributed by atoms with Crippen molar-refractivity contribution in [1.82, 2.24) is 4.98 Å². The quantitative estimate of drug-likeness (QED) is 0.688. The first-order chi connectivity index (χ1) is 9.49. The largest absolute Gasteiger partial charge is 0.320 e. The summed E-state index contributed by atoms with van der Waals surface area (Å²) in [7, 11) is 0. The zero-order valence-electron chi connectivity index (χ0n) is 10.5. The number of carbonyl (C=O) groups is 1. The Balaban J connectivity index is 2.28. The van der Waals surface area contributed by atoms with Gasteiger partial charge in [0.05, 0.1) is 21.3 Å². The van der Waals surface area contributed by atoms with Crippen LogP contribution in [0.15, 0.2) is 41.1 Å². The zero-order valence-corrected chi connectivity index (χ0v) is 12.0. The van der Waals surface area contributed by atoms with E-state index in [1.54, 1.807) is 12.3 Å². The molecule has 2 rings (SSSR count). The van der Waals surface area contributed by atoms with Gasteiger partial charge in [0.2, 0.25) is 0 Å². The molecule has 0 atom stereocenters. The number of amides is 1. The molecule has 0 aliphatic heterocycles. The normalized spacial score (nSPS) is 10.1. The van der Waals surface area contributed by atoms with Gasteiger partial charge in [0.1, 0.15) is 0 Å². The molecule has 1 aromatic heterocycles. The smallest absolute Gasteiger partial charge is 0.284 e. The molecule has 0 bridgehead atoms. The summed E-state index contributed by atoms with van der Waals surface area (Å²) in [4.78, 5) is 26.3. The highest BCUT2D eigenvalue weighted by molar-refractivity contribution is 9.10. The van der Waals surface area contributed by atoms with Gasteiger partial charge in [-0.1, -0.05) is 0 Å². The summed E-state index contributed by atoms with van der Waals surface area (Å²) in [5.74, 6) is -0.420. The number of aromatic nitrogens is 1. The van der Waals surface area contributed by atoms with Crippen molar-refractivity contribution < 1.29 is 9.72 Å². The molecular weight excluding hydrogens is 326 g/mol. The summed E-state index contributed by atoms with van der Waals surface area (Å²) in [6.45, 7) is 1.83. The minimum Gasteiger partial charge on any atom is -0.320 e. The molecule has 0 saturated heterocycles. The summed E-state index contributed by atoms with van der Waals surface area (Å²) >= 11 is 3.08. The predicted molar refractivity (Wildman–Crippen MR) is 77.7 cm³/mol. The van der Waals surface area contributed by atoms with E-state index in [0.29, 0.717) is 10.2 Å². The van der Waals surface area contributed by atoms with E-state index in [0.717, 1.165) is 5.56 Å². The second kappa shape index (κ2) is 5.79. The molecule has 102 valence electrons. The number of nitro benzene ring substituents is 1. The van der Waals surface area contributed by atoms with Gasteiger partial charge in [-0.2, -0.15) is 0 Å². The predicted octanol–water partition coefficient (Wildman–Crippen LogP) is 3.31. The van der Waals surface area contributed by atoms with E-state index in [2.05, 4.69) is 26.2 Å². The Morgan fingerprint density at radius 3 is 2.80 bits per heavy atom. The molecule has 1 heterocycles. The summed E-state index contributed by atoms with van der Waals surface area (Å²) < 4.78 is 0.330. The summed E-state index contributed by atoms with van der Waals surface area (Å²) in [5.41, 5.74) is 1.49. The SMILES string of the molecule is Cc1ccncc1NC(=O)c1ccc(Br)c([N+](=O)[O-])c1. The highest BCUT2D eigenvalue weighted by Crippen LogP contribution is 2.26. The minimum atomic E-state index is -0.545. The molecule has 0 unspecified atom stereocenters. The van der Waals surface area contributed by atoms with E-state index in [4.69, 9.17) is 0 Å². The Bertz CT molecular complexity index is 688. The van der Waals surface area contributed by atoms with Crippen molar-refractivity contribution in [2.24, 2.45) is 0 Å². The van der Waals surface area contributed by atoms with Crippen molar-refractivity contribution in [1.29, 1.82) is 0 Å². The lowest BCUT2D eigenvalue weighted by Crippen LogP contribution is -2.13. The summed E-state index contributed by atoms with van der Waals surface area (Å²) in [6, 6.07) is 5.98. The molecule has 0 saturated carbocycles. The number of aryl methyl sites for hydroxylation is 1. The van der Waals surface area contributed by atoms with E-state index < -0.39 is 10.8 Å². The fourth-order valence-electron chi connectivity index (χ4n) is 1.58. The van der Waals surface area contributed by atoms with Gasteiger partial charge in [-0.05, 0) is 46.6 Å². The second-order valence-electron chi connectivity index (χ2n) is 4.07. The number of rotatable bonds is 3. The van der Waals surface area contributed by atoms with Crippen molar-refractivity contribution >= 4 is 33.2 Å². The van der Waals surface area contributed by atoms with Gasteiger partial charge in [0.15, 0.2) is 0 Å². The molecular formula is C13H10BrN3O3. The van der Waals surface area contributed by atoms with Gasteiger partial charge < -0.3 is 5.32 Å². The number of pyridine rings is 1. The Kier molecular flexibility index (Phi) is 4.09. The van der Waals surface area contributed by atoms with Crippen LogP contribution in [0.3, 0.4) is 0 Å². The van der Waals surface area contributed by atoms with E-state index >= 15 is 0 Å². The second-order valence-corrected chi connectivity index (χ2v) is 4.92. The Morgan fingerprint density at radius 2 is 2.15 bits per heavy atom. The number of halogens is 1. The maximum atomic E-state index is 12.1. The molecule has 1 aromatic carbocycles. The molecule has 2 aromatic rings. The summed E-state index contributed by atoms with van der Waals surface area (Å²) in [6.07, 6.45) is 3.15. The van der Waals surface area contributed by atoms with Gasteiger partial charge in [0, 0.05) is 17.8 Å². The number of hydrogen-bond acceptors (Lipinski definition) is 4. The van der Waals surface area contributed by atoms with E-state index in [1.165, 1.54) is 24.4 Å². The van der Waals surface area contributed by atoms with Gasteiger partial charge in [-0.25, -0.2) is 0 Å². The first-order valence-corrected chi connectivity index (χ1v) is 6.44. The molecule has 1 N–H and O–H groups in total. The molecule has 6 nitrogen and oxygen atoms in total. The Morgan fingerprint density at radius 1 is 1.40 bits per heavy atom. The molecule has 1 amide bonds. The number of carbonyl (C=O) groups excluding carboxylic acids is 1. The highest BCUT2D eigenvalue weighted by atomic mass is 79.9. The van der Waals surface area contributed by atoms with Crippen LogP contribution in [0.4, 0.5) is 11.4 Å². The lowest BCUT2D eigenvalue weighted by atomic mass is 10.1. The lowest BCUT2D eigenvalue weighted by molar-refractivity contribution is -0.385. The molecule has 0 spiro atoms. The van der Waals surface area contributed by atoms with Crippen LogP contribution in [0.2, 0.25) is 0 Å². The fourth-order valence-corrected chi connectivity index (χ4v) is 1.97. The standard InChI is InChI=1S/C13H10BrN3O3/c1-8-4-5-15-7-11(8)16-13(18)9-2-3-10(14)12(6-9)17(19)20/h2-7H,1H3,(H,16,18). The van der Waals surface area contributed by atoms with Crippen LogP contribution < -0.4 is 5.32 Å². The van der Waals surface area contributed by atoms with Crippen molar-refractivity contribution in [2.45, 2.75) is 6.92 Å². The average Bonchev–Trinajstić information content (AvgIpc) is 2.41. The molecule has 20 heavy (non-hydrogen) atoms. The minimum absolute atomic E-state index is 0.152. The first kappa shape index (κ1) is 14.1. The first-order valence-electron chi connectivity index (χ1n) is 5.65. The van der Waals surface area contributed by atoms with Crippen LogP contribution >= 0.6 is 15.9 Å². The Labute approximate surface area is 123 Å². The monoisotopic (exact) mass is 335 g/mol. The van der Waals surface area contributed by atoms with Gasteiger partial charge in [-0.3, -0.25) is 19.9 Å². The van der Waals surface area contributed by atoms with Crippen LogP contribution in [0.5, 0.6) is 0 Å².